The summed E-state index contributed by atoms with van der Waals surface area (Å²) in [5.74, 6) is 4.23. The van der Waals surface area contributed by atoms with Gasteiger partial charge in [-0.1, -0.05) is 6.92 Å². The quantitative estimate of drug-likeness (QED) is 0.656. The second kappa shape index (κ2) is 6.03. The summed E-state index contributed by atoms with van der Waals surface area (Å²) in [7, 11) is 0. The molecule has 21 heavy (non-hydrogen) atoms. The highest BCUT2D eigenvalue weighted by molar-refractivity contribution is 5.78. The number of hydrogen-bond donors (Lipinski definition) is 1. The molecule has 2 aliphatic heterocycles. The van der Waals surface area contributed by atoms with E-state index in [0.29, 0.717) is 5.92 Å². The van der Waals surface area contributed by atoms with Gasteiger partial charge in [0.05, 0.1) is 0 Å². The van der Waals surface area contributed by atoms with Gasteiger partial charge in [0, 0.05) is 32.6 Å². The van der Waals surface area contributed by atoms with Crippen molar-refractivity contribution in [1.29, 1.82) is 0 Å². The second-order valence-electron chi connectivity index (χ2n) is 6.55. The maximum Gasteiger partial charge on any atom is 0.191 e. The van der Waals surface area contributed by atoms with Crippen LogP contribution in [0.15, 0.2) is 4.99 Å². The molecule has 2 N–H and O–H groups in total. The van der Waals surface area contributed by atoms with Crippen molar-refractivity contribution in [1.82, 2.24) is 19.7 Å². The SMILES string of the molecule is Cc1nnc2n1CC(CN=C(N)N1CCC(C)CC1)CC2. The van der Waals surface area contributed by atoms with Gasteiger partial charge in [-0.2, -0.15) is 0 Å². The highest BCUT2D eigenvalue weighted by atomic mass is 15.3. The molecule has 1 saturated heterocycles. The number of likely N-dealkylation sites (tertiary alicyclic amines) is 1. The van der Waals surface area contributed by atoms with Crippen LogP contribution in [0.1, 0.15) is 37.8 Å². The Morgan fingerprint density at radius 2 is 2.05 bits per heavy atom. The summed E-state index contributed by atoms with van der Waals surface area (Å²) in [5.41, 5.74) is 6.16. The molecule has 1 aromatic rings. The van der Waals surface area contributed by atoms with E-state index in [4.69, 9.17) is 5.73 Å². The molecule has 6 heteroatoms. The van der Waals surface area contributed by atoms with Gasteiger partial charge in [-0.3, -0.25) is 4.99 Å². The molecule has 0 aliphatic carbocycles. The van der Waals surface area contributed by atoms with Crippen molar-refractivity contribution >= 4 is 5.96 Å². The summed E-state index contributed by atoms with van der Waals surface area (Å²) in [6, 6.07) is 0. The van der Waals surface area contributed by atoms with Crippen LogP contribution >= 0.6 is 0 Å². The van der Waals surface area contributed by atoms with Crippen molar-refractivity contribution in [3.63, 3.8) is 0 Å². The smallest absolute Gasteiger partial charge is 0.191 e. The van der Waals surface area contributed by atoms with E-state index < -0.39 is 0 Å². The molecular weight excluding hydrogens is 264 g/mol. The van der Waals surface area contributed by atoms with Crippen LogP contribution in [0.5, 0.6) is 0 Å². The zero-order chi connectivity index (χ0) is 14.8. The molecule has 6 nitrogen and oxygen atoms in total. The number of rotatable bonds is 2. The minimum absolute atomic E-state index is 0.550. The van der Waals surface area contributed by atoms with Gasteiger partial charge in [-0.25, -0.2) is 0 Å². The number of nitrogens with zero attached hydrogens (tertiary/aromatic N) is 5. The standard InChI is InChI=1S/C15H26N6/c1-11-5-7-20(8-6-11)15(16)17-9-13-3-4-14-19-18-12(2)21(14)10-13/h11,13H,3-10H2,1-2H3,(H2,16,17). The van der Waals surface area contributed by atoms with Gasteiger partial charge in [-0.05, 0) is 38.0 Å². The third kappa shape index (κ3) is 3.19. The number of aromatic nitrogens is 3. The Hall–Kier alpha value is -1.59. The Balaban J connectivity index is 1.55. The normalized spacial score (nSPS) is 24.2. The zero-order valence-corrected chi connectivity index (χ0v) is 13.1. The minimum atomic E-state index is 0.550. The Bertz CT molecular complexity index is 512. The molecule has 0 aromatic carbocycles. The first kappa shape index (κ1) is 14.4. The number of fused-ring (bicyclic) bond motifs is 1. The summed E-state index contributed by atoms with van der Waals surface area (Å²) in [6.45, 7) is 8.22. The molecule has 0 amide bonds. The van der Waals surface area contributed by atoms with Crippen molar-refractivity contribution in [2.45, 2.75) is 46.1 Å². The Morgan fingerprint density at radius 3 is 2.81 bits per heavy atom. The lowest BCUT2D eigenvalue weighted by Gasteiger charge is -2.31. The van der Waals surface area contributed by atoms with E-state index in [0.717, 1.165) is 62.5 Å². The van der Waals surface area contributed by atoms with Crippen LogP contribution in [0.25, 0.3) is 0 Å². The fraction of sp³-hybridized carbons (Fsp3) is 0.800. The molecule has 3 heterocycles. The van der Waals surface area contributed by atoms with Gasteiger partial charge in [-0.15, -0.1) is 10.2 Å². The second-order valence-corrected chi connectivity index (χ2v) is 6.55. The van der Waals surface area contributed by atoms with Crippen LogP contribution in [0, 0.1) is 18.8 Å². The highest BCUT2D eigenvalue weighted by Crippen LogP contribution is 2.20. The van der Waals surface area contributed by atoms with Crippen molar-refractivity contribution in [2.75, 3.05) is 19.6 Å². The molecular formula is C15H26N6. The summed E-state index contributed by atoms with van der Waals surface area (Å²) >= 11 is 0. The van der Waals surface area contributed by atoms with E-state index in [1.165, 1.54) is 12.8 Å². The molecule has 0 spiro atoms. The fourth-order valence-corrected chi connectivity index (χ4v) is 3.24. The van der Waals surface area contributed by atoms with Crippen LogP contribution in [-0.4, -0.2) is 45.3 Å². The van der Waals surface area contributed by atoms with E-state index in [-0.39, 0.29) is 0 Å². The molecule has 2 aliphatic rings. The summed E-state index contributed by atoms with van der Waals surface area (Å²) in [5, 5.41) is 8.36. The van der Waals surface area contributed by atoms with Crippen LogP contribution in [0.4, 0.5) is 0 Å². The Labute approximate surface area is 126 Å². The maximum absolute atomic E-state index is 6.16. The fourth-order valence-electron chi connectivity index (χ4n) is 3.24. The van der Waals surface area contributed by atoms with Gasteiger partial charge in [0.2, 0.25) is 0 Å². The summed E-state index contributed by atoms with van der Waals surface area (Å²) in [4.78, 5) is 6.88. The van der Waals surface area contributed by atoms with E-state index in [2.05, 4.69) is 31.6 Å². The predicted octanol–water partition coefficient (Wildman–Crippen LogP) is 1.20. The van der Waals surface area contributed by atoms with Gasteiger partial charge < -0.3 is 15.2 Å². The van der Waals surface area contributed by atoms with Crippen molar-refractivity contribution < 1.29 is 0 Å². The summed E-state index contributed by atoms with van der Waals surface area (Å²) < 4.78 is 2.22. The molecule has 3 rings (SSSR count). The lowest BCUT2D eigenvalue weighted by atomic mass is 9.99. The number of nitrogens with two attached hydrogens (primary N) is 1. The number of aryl methyl sites for hydroxylation is 2. The largest absolute Gasteiger partial charge is 0.370 e. The monoisotopic (exact) mass is 290 g/mol. The van der Waals surface area contributed by atoms with Crippen LogP contribution in [-0.2, 0) is 13.0 Å². The van der Waals surface area contributed by atoms with Gasteiger partial charge in [0.15, 0.2) is 5.96 Å². The minimum Gasteiger partial charge on any atom is -0.370 e. The third-order valence-corrected chi connectivity index (χ3v) is 4.85. The van der Waals surface area contributed by atoms with E-state index >= 15 is 0 Å². The maximum atomic E-state index is 6.16. The van der Waals surface area contributed by atoms with Gasteiger partial charge in [0.25, 0.3) is 0 Å². The predicted molar refractivity (Wildman–Crippen MR) is 83.0 cm³/mol. The molecule has 1 fully saturated rings. The van der Waals surface area contributed by atoms with Crippen molar-refractivity contribution in [3.8, 4) is 0 Å². The number of aliphatic imine (C=N–C) groups is 1. The Kier molecular flexibility index (Phi) is 4.12. The molecule has 1 atom stereocenters. The van der Waals surface area contributed by atoms with Crippen LogP contribution < -0.4 is 5.73 Å². The Morgan fingerprint density at radius 1 is 1.29 bits per heavy atom. The molecule has 0 bridgehead atoms. The van der Waals surface area contributed by atoms with Crippen LogP contribution in [0.3, 0.4) is 0 Å². The van der Waals surface area contributed by atoms with Crippen LogP contribution in [0.2, 0.25) is 0 Å². The number of piperidine rings is 1. The number of hydrogen-bond acceptors (Lipinski definition) is 3. The average molecular weight is 290 g/mol. The first-order valence-corrected chi connectivity index (χ1v) is 8.07. The van der Waals surface area contributed by atoms with Crippen molar-refractivity contribution in [3.05, 3.63) is 11.6 Å². The number of guanidine groups is 1. The average Bonchev–Trinajstić information content (AvgIpc) is 2.87. The van der Waals surface area contributed by atoms with Gasteiger partial charge >= 0.3 is 0 Å². The van der Waals surface area contributed by atoms with Crippen molar-refractivity contribution in [2.24, 2.45) is 22.6 Å². The van der Waals surface area contributed by atoms with E-state index in [1.807, 2.05) is 6.92 Å². The van der Waals surface area contributed by atoms with Gasteiger partial charge in [0.1, 0.15) is 11.6 Å². The van der Waals surface area contributed by atoms with E-state index in [1.54, 1.807) is 0 Å². The lowest BCUT2D eigenvalue weighted by Crippen LogP contribution is -2.42. The first-order valence-electron chi connectivity index (χ1n) is 8.07. The topological polar surface area (TPSA) is 72.3 Å². The molecule has 116 valence electrons. The zero-order valence-electron chi connectivity index (χ0n) is 13.1. The molecule has 1 unspecified atom stereocenters. The summed E-state index contributed by atoms with van der Waals surface area (Å²) in [6.07, 6.45) is 4.58. The first-order chi connectivity index (χ1) is 10.1. The molecule has 1 aromatic heterocycles. The van der Waals surface area contributed by atoms with E-state index in [9.17, 15) is 0 Å². The molecule has 0 saturated carbocycles. The lowest BCUT2D eigenvalue weighted by molar-refractivity contribution is 0.276. The third-order valence-electron chi connectivity index (χ3n) is 4.85. The highest BCUT2D eigenvalue weighted by Gasteiger charge is 2.22. The molecule has 0 radical (unpaired) electrons.